The van der Waals surface area contributed by atoms with E-state index in [0.29, 0.717) is 22.9 Å². The summed E-state index contributed by atoms with van der Waals surface area (Å²) in [5.41, 5.74) is 2.62. The van der Waals surface area contributed by atoms with Crippen LogP contribution in [-0.4, -0.2) is 35.3 Å². The fourth-order valence-corrected chi connectivity index (χ4v) is 3.36. The molecule has 1 heterocycles. The van der Waals surface area contributed by atoms with Crippen molar-refractivity contribution in [2.45, 2.75) is 33.4 Å². The highest BCUT2D eigenvalue weighted by atomic mass is 16.2. The van der Waals surface area contributed by atoms with Crippen LogP contribution in [0.2, 0.25) is 0 Å². The highest BCUT2D eigenvalue weighted by molar-refractivity contribution is 6.04. The maximum Gasteiger partial charge on any atom is 0.258 e. The molecule has 1 unspecified atom stereocenters. The van der Waals surface area contributed by atoms with Crippen LogP contribution >= 0.6 is 0 Å². The van der Waals surface area contributed by atoms with Crippen molar-refractivity contribution in [3.05, 3.63) is 54.1 Å². The fraction of sp³-hybridized carbons (Fsp3) is 0.318. The summed E-state index contributed by atoms with van der Waals surface area (Å²) in [6.07, 6.45) is 0.490. The minimum absolute atomic E-state index is 0.0506. The van der Waals surface area contributed by atoms with Crippen LogP contribution < -0.4 is 16.0 Å². The molecule has 0 fully saturated rings. The molecule has 1 atom stereocenters. The SMILES string of the molecule is CC(=O)Nc1ccc(NC(=O)CN2C(=O)c3ccccc3NC2CC(C)C)cc1. The molecule has 3 rings (SSSR count). The van der Waals surface area contributed by atoms with Gasteiger partial charge in [-0.2, -0.15) is 0 Å². The molecule has 0 radical (unpaired) electrons. The topological polar surface area (TPSA) is 90.5 Å². The molecular formula is C22H26N4O3. The van der Waals surface area contributed by atoms with E-state index in [2.05, 4.69) is 29.8 Å². The van der Waals surface area contributed by atoms with Gasteiger partial charge in [0.15, 0.2) is 0 Å². The Morgan fingerprint density at radius 1 is 1.03 bits per heavy atom. The van der Waals surface area contributed by atoms with Crippen LogP contribution in [0.5, 0.6) is 0 Å². The number of para-hydroxylation sites is 1. The minimum Gasteiger partial charge on any atom is -0.364 e. The highest BCUT2D eigenvalue weighted by Gasteiger charge is 2.33. The van der Waals surface area contributed by atoms with E-state index in [1.54, 1.807) is 35.2 Å². The quantitative estimate of drug-likeness (QED) is 0.699. The van der Waals surface area contributed by atoms with E-state index in [0.717, 1.165) is 12.1 Å². The molecule has 3 amide bonds. The first-order valence-corrected chi connectivity index (χ1v) is 9.67. The van der Waals surface area contributed by atoms with E-state index in [1.807, 2.05) is 18.2 Å². The third kappa shape index (κ3) is 5.13. The van der Waals surface area contributed by atoms with Gasteiger partial charge in [-0.25, -0.2) is 0 Å². The lowest BCUT2D eigenvalue weighted by atomic mass is 10.0. The Bertz CT molecular complexity index is 909. The monoisotopic (exact) mass is 394 g/mol. The summed E-state index contributed by atoms with van der Waals surface area (Å²) in [6, 6.07) is 14.2. The summed E-state index contributed by atoms with van der Waals surface area (Å²) in [7, 11) is 0. The second-order valence-electron chi connectivity index (χ2n) is 7.58. The molecule has 0 aromatic heterocycles. The molecule has 1 aliphatic heterocycles. The number of fused-ring (bicyclic) bond motifs is 1. The summed E-state index contributed by atoms with van der Waals surface area (Å²) in [5.74, 6) is -0.228. The number of hydrogen-bond donors (Lipinski definition) is 3. The lowest BCUT2D eigenvalue weighted by Gasteiger charge is -2.38. The Morgan fingerprint density at radius 3 is 2.28 bits per heavy atom. The first kappa shape index (κ1) is 20.4. The van der Waals surface area contributed by atoms with Gasteiger partial charge in [0, 0.05) is 24.0 Å². The van der Waals surface area contributed by atoms with Crippen LogP contribution in [-0.2, 0) is 9.59 Å². The van der Waals surface area contributed by atoms with Crippen LogP contribution in [0.1, 0.15) is 37.6 Å². The van der Waals surface area contributed by atoms with E-state index >= 15 is 0 Å². The average Bonchev–Trinajstić information content (AvgIpc) is 2.66. The van der Waals surface area contributed by atoms with Gasteiger partial charge in [-0.05, 0) is 48.7 Å². The number of amides is 3. The first-order valence-electron chi connectivity index (χ1n) is 9.67. The van der Waals surface area contributed by atoms with E-state index in [-0.39, 0.29) is 30.4 Å². The highest BCUT2D eigenvalue weighted by Crippen LogP contribution is 2.27. The number of nitrogens with one attached hydrogen (secondary N) is 3. The Morgan fingerprint density at radius 2 is 1.66 bits per heavy atom. The van der Waals surface area contributed by atoms with Gasteiger partial charge >= 0.3 is 0 Å². The van der Waals surface area contributed by atoms with Crippen LogP contribution in [0.3, 0.4) is 0 Å². The van der Waals surface area contributed by atoms with Gasteiger partial charge in [-0.3, -0.25) is 14.4 Å². The molecule has 152 valence electrons. The third-order valence-corrected chi connectivity index (χ3v) is 4.61. The van der Waals surface area contributed by atoms with Gasteiger partial charge < -0.3 is 20.9 Å². The van der Waals surface area contributed by atoms with Crippen molar-refractivity contribution in [3.8, 4) is 0 Å². The van der Waals surface area contributed by atoms with Crippen molar-refractivity contribution in [2.75, 3.05) is 22.5 Å². The molecule has 29 heavy (non-hydrogen) atoms. The lowest BCUT2D eigenvalue weighted by molar-refractivity contribution is -0.117. The summed E-state index contributed by atoms with van der Waals surface area (Å²) in [4.78, 5) is 38.3. The largest absolute Gasteiger partial charge is 0.364 e. The van der Waals surface area contributed by atoms with Gasteiger partial charge in [0.05, 0.1) is 5.56 Å². The molecule has 2 aromatic rings. The van der Waals surface area contributed by atoms with E-state index in [9.17, 15) is 14.4 Å². The predicted molar refractivity (Wildman–Crippen MR) is 114 cm³/mol. The van der Waals surface area contributed by atoms with Gasteiger partial charge in [0.1, 0.15) is 12.7 Å². The molecular weight excluding hydrogens is 368 g/mol. The zero-order valence-electron chi connectivity index (χ0n) is 16.9. The third-order valence-electron chi connectivity index (χ3n) is 4.61. The van der Waals surface area contributed by atoms with Gasteiger partial charge in [0.25, 0.3) is 5.91 Å². The summed E-state index contributed by atoms with van der Waals surface area (Å²) < 4.78 is 0. The maximum absolute atomic E-state index is 13.0. The number of rotatable bonds is 6. The van der Waals surface area contributed by atoms with E-state index in [4.69, 9.17) is 0 Å². The first-order chi connectivity index (χ1) is 13.8. The number of nitrogens with zero attached hydrogens (tertiary/aromatic N) is 1. The number of carbonyl (C=O) groups is 3. The zero-order valence-corrected chi connectivity index (χ0v) is 16.9. The smallest absolute Gasteiger partial charge is 0.258 e. The standard InChI is InChI=1S/C22H26N4O3/c1-14(2)12-20-25-19-7-5-4-6-18(19)22(29)26(20)13-21(28)24-17-10-8-16(9-11-17)23-15(3)27/h4-11,14,20,25H,12-13H2,1-3H3,(H,23,27)(H,24,28). The van der Waals surface area contributed by atoms with Crippen LogP contribution in [0.15, 0.2) is 48.5 Å². The molecule has 0 aliphatic carbocycles. The second-order valence-corrected chi connectivity index (χ2v) is 7.58. The zero-order chi connectivity index (χ0) is 21.0. The van der Waals surface area contributed by atoms with Crippen molar-refractivity contribution in [1.82, 2.24) is 4.90 Å². The Hall–Kier alpha value is -3.35. The molecule has 0 saturated heterocycles. The summed E-state index contributed by atoms with van der Waals surface area (Å²) in [6.45, 7) is 5.55. The minimum atomic E-state index is -0.277. The van der Waals surface area contributed by atoms with E-state index in [1.165, 1.54) is 6.92 Å². The fourth-order valence-electron chi connectivity index (χ4n) is 3.36. The van der Waals surface area contributed by atoms with Crippen molar-refractivity contribution in [1.29, 1.82) is 0 Å². The number of carbonyl (C=O) groups excluding carboxylic acids is 3. The normalized spacial score (nSPS) is 15.5. The number of benzene rings is 2. The molecule has 1 aliphatic rings. The van der Waals surface area contributed by atoms with Crippen molar-refractivity contribution < 1.29 is 14.4 Å². The summed E-state index contributed by atoms with van der Waals surface area (Å²) >= 11 is 0. The van der Waals surface area contributed by atoms with Crippen molar-refractivity contribution in [2.24, 2.45) is 5.92 Å². The average molecular weight is 394 g/mol. The number of hydrogen-bond acceptors (Lipinski definition) is 4. The van der Waals surface area contributed by atoms with Crippen LogP contribution in [0.25, 0.3) is 0 Å². The summed E-state index contributed by atoms with van der Waals surface area (Å²) in [5, 5.41) is 8.88. The Balaban J connectivity index is 1.71. The van der Waals surface area contributed by atoms with Crippen molar-refractivity contribution in [3.63, 3.8) is 0 Å². The molecule has 0 bridgehead atoms. The molecule has 3 N–H and O–H groups in total. The Kier molecular flexibility index (Phi) is 6.16. The maximum atomic E-state index is 13.0. The second kappa shape index (κ2) is 8.77. The molecule has 7 heteroatoms. The van der Waals surface area contributed by atoms with Gasteiger partial charge in [0.2, 0.25) is 11.8 Å². The molecule has 2 aromatic carbocycles. The number of anilines is 3. The molecule has 0 spiro atoms. The molecule has 0 saturated carbocycles. The Labute approximate surface area is 170 Å². The van der Waals surface area contributed by atoms with Crippen LogP contribution in [0, 0.1) is 5.92 Å². The predicted octanol–water partition coefficient (Wildman–Crippen LogP) is 3.52. The lowest BCUT2D eigenvalue weighted by Crippen LogP contribution is -2.52. The van der Waals surface area contributed by atoms with Crippen LogP contribution in [0.4, 0.5) is 17.1 Å². The van der Waals surface area contributed by atoms with E-state index < -0.39 is 0 Å². The molecule has 7 nitrogen and oxygen atoms in total. The van der Waals surface area contributed by atoms with Gasteiger partial charge in [-0.1, -0.05) is 26.0 Å². The van der Waals surface area contributed by atoms with Crippen molar-refractivity contribution >= 4 is 34.8 Å². The van der Waals surface area contributed by atoms with Gasteiger partial charge in [-0.15, -0.1) is 0 Å².